The Labute approximate surface area is 122 Å². The summed E-state index contributed by atoms with van der Waals surface area (Å²) in [5, 5.41) is 0. The van der Waals surface area contributed by atoms with Crippen LogP contribution in [0.1, 0.15) is 43.9 Å². The lowest BCUT2D eigenvalue weighted by atomic mass is 9.82. The van der Waals surface area contributed by atoms with E-state index >= 15 is 0 Å². The molecular formula is C17H26N2O. The summed E-state index contributed by atoms with van der Waals surface area (Å²) in [6.45, 7) is 8.57. The van der Waals surface area contributed by atoms with Gasteiger partial charge in [0.15, 0.2) is 0 Å². The monoisotopic (exact) mass is 274 g/mol. The average molecular weight is 274 g/mol. The Morgan fingerprint density at radius 3 is 2.75 bits per heavy atom. The summed E-state index contributed by atoms with van der Waals surface area (Å²) in [4.78, 5) is 2.56. The minimum atomic E-state index is 0.358. The van der Waals surface area contributed by atoms with Gasteiger partial charge in [0.1, 0.15) is 5.75 Å². The number of hydrogen-bond acceptors (Lipinski definition) is 3. The summed E-state index contributed by atoms with van der Waals surface area (Å²) in [6.07, 6.45) is 3.56. The van der Waals surface area contributed by atoms with Crippen LogP contribution in [0.3, 0.4) is 0 Å². The second-order valence-electron chi connectivity index (χ2n) is 6.92. The van der Waals surface area contributed by atoms with Gasteiger partial charge in [-0.25, -0.2) is 0 Å². The van der Waals surface area contributed by atoms with E-state index in [2.05, 4.69) is 36.9 Å². The van der Waals surface area contributed by atoms with Crippen LogP contribution >= 0.6 is 0 Å². The van der Waals surface area contributed by atoms with Crippen LogP contribution in [0, 0.1) is 5.41 Å². The molecule has 0 bridgehead atoms. The topological polar surface area (TPSA) is 38.5 Å². The molecule has 1 atom stereocenters. The maximum absolute atomic E-state index is 6.08. The van der Waals surface area contributed by atoms with Gasteiger partial charge in [0.05, 0.1) is 6.61 Å². The minimum Gasteiger partial charge on any atom is -0.493 e. The molecule has 1 fully saturated rings. The van der Waals surface area contributed by atoms with Gasteiger partial charge in [-0.1, -0.05) is 26.0 Å². The zero-order valence-corrected chi connectivity index (χ0v) is 12.7. The predicted molar refractivity (Wildman–Crippen MR) is 82.0 cm³/mol. The molecule has 3 heteroatoms. The highest BCUT2D eigenvalue weighted by Crippen LogP contribution is 2.35. The Kier molecular flexibility index (Phi) is 3.74. The standard InChI is InChI=1S/C17H26N2O/c1-17(2)6-8-19(9-7-17)15(12-18)13-3-4-16-14(11-13)5-10-20-16/h3-4,11,15H,5-10,12,18H2,1-2H3. The van der Waals surface area contributed by atoms with Gasteiger partial charge in [-0.05, 0) is 48.5 Å². The third-order valence-electron chi connectivity index (χ3n) is 4.91. The molecule has 2 N–H and O–H groups in total. The smallest absolute Gasteiger partial charge is 0.122 e. The average Bonchev–Trinajstić information content (AvgIpc) is 2.89. The maximum Gasteiger partial charge on any atom is 0.122 e. The molecule has 1 aromatic carbocycles. The van der Waals surface area contributed by atoms with Gasteiger partial charge >= 0.3 is 0 Å². The number of fused-ring (bicyclic) bond motifs is 1. The number of ether oxygens (including phenoxy) is 1. The SMILES string of the molecule is CC1(C)CCN(C(CN)c2ccc3c(c2)CCO3)CC1. The molecule has 1 aromatic rings. The van der Waals surface area contributed by atoms with E-state index in [1.54, 1.807) is 0 Å². The maximum atomic E-state index is 6.08. The van der Waals surface area contributed by atoms with Gasteiger partial charge in [0.25, 0.3) is 0 Å². The third-order valence-corrected chi connectivity index (χ3v) is 4.91. The van der Waals surface area contributed by atoms with E-state index < -0.39 is 0 Å². The van der Waals surface area contributed by atoms with Crippen molar-refractivity contribution in [2.24, 2.45) is 11.1 Å². The van der Waals surface area contributed by atoms with Crippen molar-refractivity contribution in [3.63, 3.8) is 0 Å². The molecule has 2 heterocycles. The molecule has 0 spiro atoms. The molecule has 20 heavy (non-hydrogen) atoms. The van der Waals surface area contributed by atoms with Crippen LogP contribution in [-0.2, 0) is 6.42 Å². The van der Waals surface area contributed by atoms with E-state index in [9.17, 15) is 0 Å². The zero-order chi connectivity index (χ0) is 14.2. The highest BCUT2D eigenvalue weighted by atomic mass is 16.5. The van der Waals surface area contributed by atoms with Crippen LogP contribution in [0.25, 0.3) is 0 Å². The van der Waals surface area contributed by atoms with Crippen LogP contribution < -0.4 is 10.5 Å². The van der Waals surface area contributed by atoms with E-state index in [4.69, 9.17) is 10.5 Å². The molecule has 3 rings (SSSR count). The molecule has 110 valence electrons. The summed E-state index contributed by atoms with van der Waals surface area (Å²) in [5.74, 6) is 1.06. The predicted octanol–water partition coefficient (Wildman–Crippen LogP) is 2.74. The van der Waals surface area contributed by atoms with Crippen molar-refractivity contribution in [2.75, 3.05) is 26.2 Å². The molecule has 2 aliphatic rings. The Bertz CT molecular complexity index is 474. The van der Waals surface area contributed by atoms with Gasteiger partial charge in [-0.15, -0.1) is 0 Å². The van der Waals surface area contributed by atoms with Crippen molar-refractivity contribution in [1.29, 1.82) is 0 Å². The fourth-order valence-corrected chi connectivity index (χ4v) is 3.35. The van der Waals surface area contributed by atoms with Crippen LogP contribution in [0.2, 0.25) is 0 Å². The van der Waals surface area contributed by atoms with Crippen LogP contribution in [0.5, 0.6) is 5.75 Å². The minimum absolute atomic E-state index is 0.358. The lowest BCUT2D eigenvalue weighted by Crippen LogP contribution is -2.42. The molecule has 0 radical (unpaired) electrons. The number of nitrogens with two attached hydrogens (primary N) is 1. The number of benzene rings is 1. The first kappa shape index (κ1) is 13.9. The highest BCUT2D eigenvalue weighted by molar-refractivity contribution is 5.41. The van der Waals surface area contributed by atoms with E-state index in [0.29, 0.717) is 18.0 Å². The van der Waals surface area contributed by atoms with E-state index in [0.717, 1.165) is 31.9 Å². The van der Waals surface area contributed by atoms with E-state index in [-0.39, 0.29) is 0 Å². The van der Waals surface area contributed by atoms with Crippen LogP contribution in [0.15, 0.2) is 18.2 Å². The van der Waals surface area contributed by atoms with Crippen molar-refractivity contribution < 1.29 is 4.74 Å². The summed E-state index contributed by atoms with van der Waals surface area (Å²) in [6, 6.07) is 6.98. The quantitative estimate of drug-likeness (QED) is 0.921. The third kappa shape index (κ3) is 2.70. The molecule has 3 nitrogen and oxygen atoms in total. The molecule has 0 saturated carbocycles. The molecule has 0 aromatic heterocycles. The lowest BCUT2D eigenvalue weighted by Gasteiger charge is -2.41. The zero-order valence-electron chi connectivity index (χ0n) is 12.7. The van der Waals surface area contributed by atoms with Crippen LogP contribution in [0.4, 0.5) is 0 Å². The van der Waals surface area contributed by atoms with Crippen LogP contribution in [-0.4, -0.2) is 31.1 Å². The fourth-order valence-electron chi connectivity index (χ4n) is 3.35. The number of piperidine rings is 1. The van der Waals surface area contributed by atoms with Gasteiger partial charge in [0.2, 0.25) is 0 Å². The molecule has 0 aliphatic carbocycles. The fraction of sp³-hybridized carbons (Fsp3) is 0.647. The van der Waals surface area contributed by atoms with Gasteiger partial charge in [-0.3, -0.25) is 4.90 Å². The van der Waals surface area contributed by atoms with Crippen molar-refractivity contribution in [2.45, 2.75) is 39.2 Å². The summed E-state index contributed by atoms with van der Waals surface area (Å²) < 4.78 is 5.59. The second-order valence-corrected chi connectivity index (χ2v) is 6.92. The van der Waals surface area contributed by atoms with Crippen molar-refractivity contribution in [3.05, 3.63) is 29.3 Å². The Morgan fingerprint density at radius 2 is 2.05 bits per heavy atom. The molecule has 0 amide bonds. The number of likely N-dealkylation sites (tertiary alicyclic amines) is 1. The summed E-state index contributed by atoms with van der Waals surface area (Å²) in [7, 11) is 0. The molecule has 1 unspecified atom stereocenters. The first-order valence-corrected chi connectivity index (χ1v) is 7.79. The van der Waals surface area contributed by atoms with Gasteiger partial charge in [0, 0.05) is 19.0 Å². The van der Waals surface area contributed by atoms with Crippen molar-refractivity contribution in [3.8, 4) is 5.75 Å². The molecule has 1 saturated heterocycles. The second kappa shape index (κ2) is 5.38. The Hall–Kier alpha value is -1.06. The normalized spacial score (nSPS) is 23.1. The lowest BCUT2D eigenvalue weighted by molar-refractivity contribution is 0.0964. The summed E-state index contributed by atoms with van der Waals surface area (Å²) >= 11 is 0. The molecular weight excluding hydrogens is 248 g/mol. The van der Waals surface area contributed by atoms with Gasteiger partial charge in [-0.2, -0.15) is 0 Å². The number of hydrogen-bond donors (Lipinski definition) is 1. The Balaban J connectivity index is 1.77. The van der Waals surface area contributed by atoms with E-state index in [1.807, 2.05) is 0 Å². The van der Waals surface area contributed by atoms with Gasteiger partial charge < -0.3 is 10.5 Å². The first-order valence-electron chi connectivity index (χ1n) is 7.79. The van der Waals surface area contributed by atoms with Crippen molar-refractivity contribution in [1.82, 2.24) is 4.90 Å². The first-order chi connectivity index (χ1) is 9.59. The van der Waals surface area contributed by atoms with Crippen molar-refractivity contribution >= 4 is 0 Å². The molecule has 2 aliphatic heterocycles. The number of rotatable bonds is 3. The van der Waals surface area contributed by atoms with E-state index in [1.165, 1.54) is 24.0 Å². The summed E-state index contributed by atoms with van der Waals surface area (Å²) in [5.41, 5.74) is 9.27. The largest absolute Gasteiger partial charge is 0.493 e. The Morgan fingerprint density at radius 1 is 1.30 bits per heavy atom. The number of nitrogens with zero attached hydrogens (tertiary/aromatic N) is 1. The highest BCUT2D eigenvalue weighted by Gasteiger charge is 2.29.